The number of benzene rings is 1. The molecule has 1 saturated heterocycles. The second kappa shape index (κ2) is 6.07. The Balaban J connectivity index is 1.43. The lowest BCUT2D eigenvalue weighted by molar-refractivity contribution is -0.123. The van der Waals surface area contributed by atoms with E-state index in [-0.39, 0.29) is 62.8 Å². The van der Waals surface area contributed by atoms with Crippen LogP contribution in [0.4, 0.5) is 10.1 Å². The predicted molar refractivity (Wildman–Crippen MR) is 113 cm³/mol. The number of rotatable bonds is 2. The number of thioether (sulfide) groups is 1. The fourth-order valence-electron chi connectivity index (χ4n) is 6.74. The number of H-pyrrole nitrogens is 1. The number of carbonyl (C=O) groups is 2. The van der Waals surface area contributed by atoms with E-state index in [0.717, 1.165) is 22.7 Å². The van der Waals surface area contributed by atoms with E-state index in [1.54, 1.807) is 11.8 Å². The fraction of sp³-hybridized carbons (Fsp3) is 0.500. The molecule has 30 heavy (non-hydrogen) atoms. The van der Waals surface area contributed by atoms with Crippen molar-refractivity contribution in [1.82, 2.24) is 4.98 Å². The Morgan fingerprint density at radius 3 is 2.47 bits per heavy atom. The van der Waals surface area contributed by atoms with E-state index in [1.165, 1.54) is 40.5 Å². The second-order valence-electron chi connectivity index (χ2n) is 9.16. The molecule has 1 aromatic heterocycles. The fourth-order valence-corrected chi connectivity index (χ4v) is 9.93. The van der Waals surface area contributed by atoms with Crippen molar-refractivity contribution in [3.05, 3.63) is 44.6 Å². The first-order chi connectivity index (χ1) is 14.3. The molecular weight excluding hydrogens is 423 g/mol. The van der Waals surface area contributed by atoms with Crippen molar-refractivity contribution in [3.63, 3.8) is 0 Å². The molecule has 3 heterocycles. The van der Waals surface area contributed by atoms with Gasteiger partial charge in [-0.1, -0.05) is 25.2 Å². The molecule has 3 fully saturated rings. The number of nitrogens with zero attached hydrogens (tertiary/aromatic N) is 1. The van der Waals surface area contributed by atoms with Crippen molar-refractivity contribution in [2.75, 3.05) is 4.90 Å². The molecule has 7 atom stereocenters. The first-order valence-electron chi connectivity index (χ1n) is 10.4. The highest BCUT2D eigenvalue weighted by atomic mass is 32.2. The largest absolute Gasteiger partial charge is 0.307 e. The summed E-state index contributed by atoms with van der Waals surface area (Å²) < 4.78 is 13.4. The van der Waals surface area contributed by atoms with Crippen LogP contribution in [0, 0.1) is 35.4 Å². The van der Waals surface area contributed by atoms with Crippen LogP contribution in [0.5, 0.6) is 0 Å². The minimum Gasteiger partial charge on any atom is -0.307 e. The van der Waals surface area contributed by atoms with E-state index in [4.69, 9.17) is 0 Å². The molecule has 0 radical (unpaired) electrons. The van der Waals surface area contributed by atoms with Crippen molar-refractivity contribution in [1.29, 1.82) is 0 Å². The molecule has 5 nitrogen and oxygen atoms in total. The topological polar surface area (TPSA) is 70.2 Å². The Morgan fingerprint density at radius 1 is 1.13 bits per heavy atom. The van der Waals surface area contributed by atoms with Crippen molar-refractivity contribution >= 4 is 40.6 Å². The van der Waals surface area contributed by atoms with Crippen LogP contribution in [0.3, 0.4) is 0 Å². The molecule has 2 aromatic rings. The second-order valence-corrected chi connectivity index (χ2v) is 11.3. The lowest BCUT2D eigenvalue weighted by Crippen LogP contribution is -2.49. The maximum Gasteiger partial charge on any atom is 0.305 e. The number of aromatic nitrogens is 1. The third-order valence-electron chi connectivity index (χ3n) is 8.05. The molecule has 156 valence electrons. The molecule has 2 aliphatic carbocycles. The Labute approximate surface area is 181 Å². The van der Waals surface area contributed by atoms with Gasteiger partial charge in [0.05, 0.1) is 22.5 Å². The normalized spacial score (nSPS) is 38.7. The number of halogens is 1. The number of nitrogens with one attached hydrogen (secondary N) is 1. The van der Waals surface area contributed by atoms with Crippen LogP contribution in [0.1, 0.15) is 31.6 Å². The highest BCUT2D eigenvalue weighted by Gasteiger charge is 2.71. The number of hydrogen-bond acceptors (Lipinski definition) is 5. The molecule has 8 heteroatoms. The number of amides is 2. The van der Waals surface area contributed by atoms with Gasteiger partial charge in [0.15, 0.2) is 0 Å². The van der Waals surface area contributed by atoms with Gasteiger partial charge in [-0.25, -0.2) is 4.39 Å². The zero-order valence-corrected chi connectivity index (χ0v) is 18.2. The molecule has 6 rings (SSSR count). The summed E-state index contributed by atoms with van der Waals surface area (Å²) in [5.41, 5.74) is 0.282. The number of anilines is 1. The standard InChI is InChI=1S/C22H21FN2O3S2/c1-3-22(2)15-11-8-12(16(15)29-18-17(22)30-21(28)24-18)14-13(11)19(26)25(20(14)27)10-6-4-9(23)5-7-10/h4-7,11-16H,3,8H2,1-2H3,(H,24,28). The monoisotopic (exact) mass is 444 g/mol. The summed E-state index contributed by atoms with van der Waals surface area (Å²) in [5, 5.41) is 1.18. The molecule has 0 spiro atoms. The van der Waals surface area contributed by atoms with Crippen LogP contribution >= 0.6 is 23.1 Å². The number of imide groups is 1. The van der Waals surface area contributed by atoms with Crippen LogP contribution in [-0.2, 0) is 15.0 Å². The molecule has 2 aliphatic heterocycles. The van der Waals surface area contributed by atoms with E-state index in [0.29, 0.717) is 5.69 Å². The summed E-state index contributed by atoms with van der Waals surface area (Å²) >= 11 is 3.00. The highest BCUT2D eigenvalue weighted by Crippen LogP contribution is 2.69. The van der Waals surface area contributed by atoms with Gasteiger partial charge >= 0.3 is 4.87 Å². The van der Waals surface area contributed by atoms with Crippen molar-refractivity contribution < 1.29 is 14.0 Å². The summed E-state index contributed by atoms with van der Waals surface area (Å²) in [6.07, 6.45) is 1.78. The zero-order valence-electron chi connectivity index (χ0n) is 16.6. The third-order valence-corrected chi connectivity index (χ3v) is 10.8. The average Bonchev–Trinajstić information content (AvgIpc) is 3.44. The smallest absolute Gasteiger partial charge is 0.305 e. The minimum absolute atomic E-state index is 0.0330. The number of carbonyl (C=O) groups excluding carboxylic acids is 2. The number of aromatic amines is 1. The third kappa shape index (κ3) is 2.16. The van der Waals surface area contributed by atoms with E-state index in [1.807, 2.05) is 0 Å². The van der Waals surface area contributed by atoms with Gasteiger partial charge in [0, 0.05) is 15.5 Å². The summed E-state index contributed by atoms with van der Waals surface area (Å²) in [5.74, 6) is -0.770. The van der Waals surface area contributed by atoms with Crippen LogP contribution < -0.4 is 9.77 Å². The molecule has 7 unspecified atom stereocenters. The lowest BCUT2D eigenvalue weighted by atomic mass is 9.62. The summed E-state index contributed by atoms with van der Waals surface area (Å²) in [6.45, 7) is 4.37. The van der Waals surface area contributed by atoms with Crippen LogP contribution in [0.15, 0.2) is 34.1 Å². The van der Waals surface area contributed by atoms with Crippen molar-refractivity contribution in [2.24, 2.45) is 29.6 Å². The van der Waals surface area contributed by atoms with Gasteiger partial charge in [-0.2, -0.15) is 0 Å². The maximum atomic E-state index is 13.4. The number of thiazole rings is 1. The average molecular weight is 445 g/mol. The number of hydrogen-bond donors (Lipinski definition) is 1. The Kier molecular flexibility index (Phi) is 3.80. The summed E-state index contributed by atoms with van der Waals surface area (Å²) in [7, 11) is 0. The molecule has 2 amide bonds. The van der Waals surface area contributed by atoms with Gasteiger partial charge in [0.25, 0.3) is 0 Å². The van der Waals surface area contributed by atoms with E-state index in [2.05, 4.69) is 18.8 Å². The van der Waals surface area contributed by atoms with Crippen LogP contribution in [-0.4, -0.2) is 22.0 Å². The van der Waals surface area contributed by atoms with Crippen molar-refractivity contribution in [2.45, 2.75) is 42.4 Å². The van der Waals surface area contributed by atoms with Crippen LogP contribution in [0.2, 0.25) is 0 Å². The highest BCUT2D eigenvalue weighted by molar-refractivity contribution is 8.00. The van der Waals surface area contributed by atoms with Gasteiger partial charge in [0.1, 0.15) is 5.82 Å². The summed E-state index contributed by atoms with van der Waals surface area (Å²) in [4.78, 5) is 44.3. The molecule has 2 saturated carbocycles. The van der Waals surface area contributed by atoms with Gasteiger partial charge < -0.3 is 4.98 Å². The SMILES string of the molecule is CCC1(C)c2sc(=O)[nH]c2SC2C3CC(C4C(=O)N(c5ccc(F)cc5)C(=O)C34)C21. The van der Waals surface area contributed by atoms with Crippen LogP contribution in [0.25, 0.3) is 0 Å². The molecule has 1 aromatic carbocycles. The zero-order chi connectivity index (χ0) is 20.9. The van der Waals surface area contributed by atoms with Crippen molar-refractivity contribution in [3.8, 4) is 0 Å². The molecule has 1 N–H and O–H groups in total. The summed E-state index contributed by atoms with van der Waals surface area (Å²) in [6, 6.07) is 5.59. The van der Waals surface area contributed by atoms with Gasteiger partial charge in [0.2, 0.25) is 11.8 Å². The lowest BCUT2D eigenvalue weighted by Gasteiger charge is -2.48. The Morgan fingerprint density at radius 2 is 1.80 bits per heavy atom. The van der Waals surface area contributed by atoms with E-state index in [9.17, 15) is 18.8 Å². The van der Waals surface area contributed by atoms with Gasteiger partial charge in [-0.15, -0.1) is 11.8 Å². The van der Waals surface area contributed by atoms with Gasteiger partial charge in [-0.3, -0.25) is 19.3 Å². The maximum absolute atomic E-state index is 13.4. The first kappa shape index (κ1) is 18.8. The Hall–Kier alpha value is -1.93. The quantitative estimate of drug-likeness (QED) is 0.716. The first-order valence-corrected chi connectivity index (χ1v) is 12.1. The molecule has 4 aliphatic rings. The molecule has 2 bridgehead atoms. The number of fused-ring (bicyclic) bond motifs is 9. The molecular formula is C22H21FN2O3S2. The minimum atomic E-state index is -0.389. The predicted octanol–water partition coefficient (Wildman–Crippen LogP) is 3.79. The van der Waals surface area contributed by atoms with E-state index < -0.39 is 0 Å². The Bertz CT molecular complexity index is 1140. The van der Waals surface area contributed by atoms with E-state index >= 15 is 0 Å². The van der Waals surface area contributed by atoms with Gasteiger partial charge in [-0.05, 0) is 54.9 Å².